The Morgan fingerprint density at radius 2 is 1.19 bits per heavy atom. The molecule has 47 heavy (non-hydrogen) atoms. The molecule has 0 bridgehead atoms. The number of para-hydroxylation sites is 1. The Kier molecular flexibility index (Phi) is 5.80. The highest BCUT2D eigenvalue weighted by atomic mass is 15.1. The molecule has 6 aromatic carbocycles. The van der Waals surface area contributed by atoms with Gasteiger partial charge in [0, 0.05) is 38.8 Å². The largest absolute Gasteiger partial charge is 0.293 e. The van der Waals surface area contributed by atoms with Crippen LogP contribution in [0.3, 0.4) is 0 Å². The first-order chi connectivity index (χ1) is 23.3. The van der Waals surface area contributed by atoms with Gasteiger partial charge in [-0.15, -0.1) is 0 Å². The van der Waals surface area contributed by atoms with Crippen LogP contribution in [0.4, 0.5) is 0 Å². The Labute approximate surface area is 274 Å². The standard InChI is InChI=1S/C44H33N3/c1-4-16-29(17-5-1)36-28-38(46-43(45-36)30-18-6-2-7-19-30)47-37-25-13-11-23-34(37)40-41-39(31-20-8-9-21-32(31)42(40)47)33-22-10-12-24-35(33)44(41)26-14-3-15-27-44/h1-2,4-13,16-25,28H,3,14-15,26-27H2. The fourth-order valence-electron chi connectivity index (χ4n) is 8.86. The minimum absolute atomic E-state index is 0.0114. The third kappa shape index (κ3) is 3.80. The Hall–Kier alpha value is -5.54. The summed E-state index contributed by atoms with van der Waals surface area (Å²) in [5.41, 5.74) is 11.3. The average Bonchev–Trinajstić information content (AvgIpc) is 3.63. The van der Waals surface area contributed by atoms with Crippen LogP contribution in [0.2, 0.25) is 0 Å². The normalized spacial score (nSPS) is 15.0. The molecule has 3 nitrogen and oxygen atoms in total. The zero-order valence-corrected chi connectivity index (χ0v) is 26.2. The maximum Gasteiger partial charge on any atom is 0.162 e. The van der Waals surface area contributed by atoms with Crippen molar-refractivity contribution in [1.82, 2.24) is 14.5 Å². The minimum atomic E-state index is 0.0114. The van der Waals surface area contributed by atoms with Crippen molar-refractivity contribution in [1.29, 1.82) is 0 Å². The van der Waals surface area contributed by atoms with Gasteiger partial charge in [0.2, 0.25) is 0 Å². The number of rotatable bonds is 3. The van der Waals surface area contributed by atoms with Crippen LogP contribution in [0.25, 0.3) is 72.2 Å². The van der Waals surface area contributed by atoms with Crippen LogP contribution in [0.1, 0.15) is 43.2 Å². The Balaban J connectivity index is 1.39. The molecule has 10 rings (SSSR count). The van der Waals surface area contributed by atoms with Crippen LogP contribution in [0.5, 0.6) is 0 Å². The van der Waals surface area contributed by atoms with Crippen LogP contribution < -0.4 is 0 Å². The van der Waals surface area contributed by atoms with Gasteiger partial charge >= 0.3 is 0 Å². The summed E-state index contributed by atoms with van der Waals surface area (Å²) in [5.74, 6) is 1.62. The van der Waals surface area contributed by atoms with E-state index in [4.69, 9.17) is 9.97 Å². The van der Waals surface area contributed by atoms with Gasteiger partial charge in [-0.25, -0.2) is 9.97 Å². The number of nitrogens with zero attached hydrogens (tertiary/aromatic N) is 3. The maximum absolute atomic E-state index is 5.37. The van der Waals surface area contributed by atoms with Gasteiger partial charge in [-0.1, -0.05) is 147 Å². The number of benzene rings is 6. The molecule has 0 radical (unpaired) electrons. The molecule has 8 aromatic rings. The minimum Gasteiger partial charge on any atom is -0.293 e. The van der Waals surface area contributed by atoms with Crippen molar-refractivity contribution in [2.24, 2.45) is 0 Å². The summed E-state index contributed by atoms with van der Waals surface area (Å²) in [6.07, 6.45) is 6.20. The highest BCUT2D eigenvalue weighted by Crippen LogP contribution is 2.61. The van der Waals surface area contributed by atoms with Crippen molar-refractivity contribution >= 4 is 32.6 Å². The van der Waals surface area contributed by atoms with E-state index < -0.39 is 0 Å². The molecule has 2 aliphatic carbocycles. The monoisotopic (exact) mass is 603 g/mol. The third-order valence-electron chi connectivity index (χ3n) is 10.8. The summed E-state index contributed by atoms with van der Waals surface area (Å²) < 4.78 is 2.44. The summed E-state index contributed by atoms with van der Waals surface area (Å²) in [4.78, 5) is 10.5. The molecule has 1 fully saturated rings. The molecule has 0 aliphatic heterocycles. The summed E-state index contributed by atoms with van der Waals surface area (Å²) in [6, 6.07) is 50.4. The number of hydrogen-bond acceptors (Lipinski definition) is 2. The van der Waals surface area contributed by atoms with E-state index in [1.165, 1.54) is 86.9 Å². The van der Waals surface area contributed by atoms with E-state index in [2.05, 4.69) is 138 Å². The molecule has 224 valence electrons. The van der Waals surface area contributed by atoms with Crippen molar-refractivity contribution in [2.45, 2.75) is 37.5 Å². The first-order valence-corrected chi connectivity index (χ1v) is 16.9. The maximum atomic E-state index is 5.37. The lowest BCUT2D eigenvalue weighted by atomic mass is 9.66. The van der Waals surface area contributed by atoms with E-state index in [0.717, 1.165) is 28.5 Å². The van der Waals surface area contributed by atoms with Gasteiger partial charge in [0.05, 0.1) is 16.7 Å². The molecule has 0 N–H and O–H groups in total. The van der Waals surface area contributed by atoms with Crippen molar-refractivity contribution < 1.29 is 0 Å². The van der Waals surface area contributed by atoms with Crippen molar-refractivity contribution in [2.75, 3.05) is 0 Å². The fourth-order valence-corrected chi connectivity index (χ4v) is 8.86. The van der Waals surface area contributed by atoms with Crippen molar-refractivity contribution in [3.63, 3.8) is 0 Å². The lowest BCUT2D eigenvalue weighted by Gasteiger charge is -2.36. The highest BCUT2D eigenvalue weighted by molar-refractivity contribution is 6.25. The van der Waals surface area contributed by atoms with Gasteiger partial charge < -0.3 is 0 Å². The molecule has 2 heterocycles. The predicted octanol–water partition coefficient (Wildman–Crippen LogP) is 11.3. The zero-order chi connectivity index (χ0) is 31.0. The topological polar surface area (TPSA) is 30.7 Å². The summed E-state index contributed by atoms with van der Waals surface area (Å²) >= 11 is 0. The van der Waals surface area contributed by atoms with Crippen LogP contribution in [-0.2, 0) is 5.41 Å². The molecule has 0 unspecified atom stereocenters. The Morgan fingerprint density at radius 1 is 0.553 bits per heavy atom. The van der Waals surface area contributed by atoms with Gasteiger partial charge in [-0.3, -0.25) is 4.57 Å². The van der Waals surface area contributed by atoms with Gasteiger partial charge in [-0.05, 0) is 46.5 Å². The first-order valence-electron chi connectivity index (χ1n) is 16.9. The van der Waals surface area contributed by atoms with Gasteiger partial charge in [0.25, 0.3) is 0 Å². The number of aromatic nitrogens is 3. The van der Waals surface area contributed by atoms with E-state index in [0.29, 0.717) is 0 Å². The van der Waals surface area contributed by atoms with Crippen LogP contribution in [0.15, 0.2) is 140 Å². The van der Waals surface area contributed by atoms with E-state index in [-0.39, 0.29) is 5.41 Å². The predicted molar refractivity (Wildman–Crippen MR) is 194 cm³/mol. The SMILES string of the molecule is c1ccc(-c2cc(-n3c4ccccc4c4c5c(c6ccccc6c43)-c3ccccc3C53CCCCC3)nc(-c3ccccc3)n2)cc1. The summed E-state index contributed by atoms with van der Waals surface area (Å²) in [7, 11) is 0. The van der Waals surface area contributed by atoms with Gasteiger partial charge in [0.1, 0.15) is 5.82 Å². The van der Waals surface area contributed by atoms with E-state index in [1.54, 1.807) is 0 Å². The van der Waals surface area contributed by atoms with Gasteiger partial charge in [0.15, 0.2) is 5.82 Å². The Bertz CT molecular complexity index is 2430. The van der Waals surface area contributed by atoms with E-state index in [1.807, 2.05) is 6.07 Å². The van der Waals surface area contributed by atoms with E-state index in [9.17, 15) is 0 Å². The van der Waals surface area contributed by atoms with Crippen LogP contribution in [0, 0.1) is 0 Å². The van der Waals surface area contributed by atoms with Crippen LogP contribution >= 0.6 is 0 Å². The average molecular weight is 604 g/mol. The zero-order valence-electron chi connectivity index (χ0n) is 26.2. The quantitative estimate of drug-likeness (QED) is 0.201. The molecule has 0 saturated heterocycles. The second kappa shape index (κ2) is 10.2. The molecular formula is C44H33N3. The fraction of sp³-hybridized carbons (Fsp3) is 0.136. The van der Waals surface area contributed by atoms with Gasteiger partial charge in [-0.2, -0.15) is 0 Å². The summed E-state index contributed by atoms with van der Waals surface area (Å²) in [5, 5.41) is 5.27. The molecule has 1 spiro atoms. The molecule has 0 atom stereocenters. The third-order valence-corrected chi connectivity index (χ3v) is 10.8. The lowest BCUT2D eigenvalue weighted by Crippen LogP contribution is -2.28. The van der Waals surface area contributed by atoms with E-state index >= 15 is 0 Å². The van der Waals surface area contributed by atoms with Crippen LogP contribution in [-0.4, -0.2) is 14.5 Å². The van der Waals surface area contributed by atoms with Crippen molar-refractivity contribution in [3.8, 4) is 39.6 Å². The first kappa shape index (κ1) is 26.7. The molecular weight excluding hydrogens is 571 g/mol. The number of fused-ring (bicyclic) bond motifs is 12. The summed E-state index contributed by atoms with van der Waals surface area (Å²) in [6.45, 7) is 0. The van der Waals surface area contributed by atoms with Crippen molar-refractivity contribution in [3.05, 3.63) is 151 Å². The highest BCUT2D eigenvalue weighted by Gasteiger charge is 2.46. The second-order valence-electron chi connectivity index (χ2n) is 13.2. The molecule has 1 saturated carbocycles. The second-order valence-corrected chi connectivity index (χ2v) is 13.2. The smallest absolute Gasteiger partial charge is 0.162 e. The lowest BCUT2D eigenvalue weighted by molar-refractivity contribution is 0.355. The molecule has 2 aliphatic rings. The molecule has 3 heteroatoms. The molecule has 2 aromatic heterocycles. The molecule has 0 amide bonds. The number of hydrogen-bond donors (Lipinski definition) is 0. The Morgan fingerprint density at radius 3 is 1.98 bits per heavy atom.